The van der Waals surface area contributed by atoms with Gasteiger partial charge in [-0.2, -0.15) is 0 Å². The number of aromatic hydroxyl groups is 1. The monoisotopic (exact) mass is 332 g/mol. The van der Waals surface area contributed by atoms with Gasteiger partial charge in [0.1, 0.15) is 10.6 Å². The number of fused-ring (bicyclic) bond motifs is 1. The Labute approximate surface area is 136 Å². The van der Waals surface area contributed by atoms with E-state index >= 15 is 0 Å². The lowest BCUT2D eigenvalue weighted by molar-refractivity contribution is 0.456. The van der Waals surface area contributed by atoms with Gasteiger partial charge in [0.25, 0.3) is 0 Å². The molecule has 0 bridgehead atoms. The van der Waals surface area contributed by atoms with Crippen LogP contribution < -0.4 is 10.0 Å². The molecule has 122 valence electrons. The zero-order chi connectivity index (χ0) is 16.4. The van der Waals surface area contributed by atoms with Gasteiger partial charge >= 0.3 is 0 Å². The minimum Gasteiger partial charge on any atom is -0.507 e. The number of phenols is 1. The fourth-order valence-electron chi connectivity index (χ4n) is 3.05. The van der Waals surface area contributed by atoms with Crippen molar-refractivity contribution in [3.05, 3.63) is 59.2 Å². The third-order valence-electron chi connectivity index (χ3n) is 4.28. The Morgan fingerprint density at radius 2 is 1.96 bits per heavy atom. The van der Waals surface area contributed by atoms with Gasteiger partial charge in [-0.1, -0.05) is 30.3 Å². The molecular weight excluding hydrogens is 312 g/mol. The first-order valence-corrected chi connectivity index (χ1v) is 9.06. The normalized spacial score (nSPS) is 18.2. The first-order chi connectivity index (χ1) is 11.0. The van der Waals surface area contributed by atoms with Gasteiger partial charge in [0, 0.05) is 12.5 Å². The van der Waals surface area contributed by atoms with Crippen molar-refractivity contribution in [1.29, 1.82) is 0 Å². The number of hydrogen-bond donors (Lipinski definition) is 3. The van der Waals surface area contributed by atoms with E-state index in [0.29, 0.717) is 0 Å². The molecule has 0 saturated heterocycles. The number of nitrogens with one attached hydrogen (secondary N) is 2. The minimum atomic E-state index is -3.68. The van der Waals surface area contributed by atoms with Crippen LogP contribution in [0.3, 0.4) is 0 Å². The van der Waals surface area contributed by atoms with Gasteiger partial charge in [0.15, 0.2) is 0 Å². The molecule has 2 aromatic carbocycles. The van der Waals surface area contributed by atoms with Gasteiger partial charge in [-0.3, -0.25) is 0 Å². The predicted octanol–water partition coefficient (Wildman–Crippen LogP) is 1.58. The highest BCUT2D eigenvalue weighted by Gasteiger charge is 2.25. The second-order valence-electron chi connectivity index (χ2n) is 5.64. The standard InChI is InChI=1S/C17H20N2O3S/c1-18-23(21,22)17-9-13-7-8-19-11-15(14(13)10-16(17)20)12-5-3-2-4-6-12/h2-6,9-10,15,18-20H,7-8,11H2,1H3. The summed E-state index contributed by atoms with van der Waals surface area (Å²) in [5, 5.41) is 13.6. The minimum absolute atomic E-state index is 0.0625. The first kappa shape index (κ1) is 16.0. The number of rotatable bonds is 3. The lowest BCUT2D eigenvalue weighted by Gasteiger charge is -2.19. The van der Waals surface area contributed by atoms with Crippen molar-refractivity contribution in [3.8, 4) is 5.75 Å². The molecule has 0 aliphatic carbocycles. The number of hydrogen-bond acceptors (Lipinski definition) is 4. The van der Waals surface area contributed by atoms with E-state index in [4.69, 9.17) is 0 Å². The second-order valence-corrected chi connectivity index (χ2v) is 7.50. The summed E-state index contributed by atoms with van der Waals surface area (Å²) in [7, 11) is -2.33. The molecule has 0 fully saturated rings. The van der Waals surface area contributed by atoms with Crippen molar-refractivity contribution in [3.63, 3.8) is 0 Å². The van der Waals surface area contributed by atoms with Crippen LogP contribution in [0.5, 0.6) is 5.75 Å². The van der Waals surface area contributed by atoms with Gasteiger partial charge in [0.2, 0.25) is 10.0 Å². The third-order valence-corrected chi connectivity index (χ3v) is 5.72. The largest absolute Gasteiger partial charge is 0.507 e. The van der Waals surface area contributed by atoms with E-state index in [2.05, 4.69) is 22.2 Å². The molecule has 3 rings (SSSR count). The fraction of sp³-hybridized carbons (Fsp3) is 0.294. The number of phenolic OH excluding ortho intramolecular Hbond substituents is 1. The molecule has 23 heavy (non-hydrogen) atoms. The highest BCUT2D eigenvalue weighted by Crippen LogP contribution is 2.35. The molecule has 0 radical (unpaired) electrons. The molecule has 2 aromatic rings. The average Bonchev–Trinajstić information content (AvgIpc) is 2.77. The molecule has 1 unspecified atom stereocenters. The van der Waals surface area contributed by atoms with E-state index in [-0.39, 0.29) is 16.6 Å². The average molecular weight is 332 g/mol. The topological polar surface area (TPSA) is 78.4 Å². The molecule has 1 heterocycles. The predicted molar refractivity (Wildman–Crippen MR) is 89.2 cm³/mol. The van der Waals surface area contributed by atoms with Gasteiger partial charge in [-0.25, -0.2) is 13.1 Å². The van der Waals surface area contributed by atoms with Crippen molar-refractivity contribution in [1.82, 2.24) is 10.0 Å². The van der Waals surface area contributed by atoms with Crippen molar-refractivity contribution in [2.45, 2.75) is 17.2 Å². The van der Waals surface area contributed by atoms with Crippen LogP contribution in [0.1, 0.15) is 22.6 Å². The molecule has 0 amide bonds. The molecule has 0 spiro atoms. The summed E-state index contributed by atoms with van der Waals surface area (Å²) in [5.74, 6) is -0.119. The van der Waals surface area contributed by atoms with Gasteiger partial charge in [-0.05, 0) is 48.8 Å². The van der Waals surface area contributed by atoms with E-state index < -0.39 is 10.0 Å². The SMILES string of the molecule is CNS(=O)(=O)c1cc2c(cc1O)C(c1ccccc1)CNCC2. The second kappa shape index (κ2) is 6.31. The fourth-order valence-corrected chi connectivity index (χ4v) is 3.91. The van der Waals surface area contributed by atoms with E-state index in [1.807, 2.05) is 18.2 Å². The van der Waals surface area contributed by atoms with Crippen LogP contribution in [0.2, 0.25) is 0 Å². The molecule has 6 heteroatoms. The molecule has 1 aliphatic rings. The Kier molecular flexibility index (Phi) is 4.39. The summed E-state index contributed by atoms with van der Waals surface area (Å²) in [6, 6.07) is 13.2. The van der Waals surface area contributed by atoms with Crippen molar-refractivity contribution >= 4 is 10.0 Å². The maximum Gasteiger partial charge on any atom is 0.243 e. The van der Waals surface area contributed by atoms with Crippen LogP contribution in [0, 0.1) is 0 Å². The molecule has 1 aliphatic heterocycles. The van der Waals surface area contributed by atoms with Crippen LogP contribution in [-0.2, 0) is 16.4 Å². The van der Waals surface area contributed by atoms with E-state index in [9.17, 15) is 13.5 Å². The maximum absolute atomic E-state index is 12.1. The highest BCUT2D eigenvalue weighted by molar-refractivity contribution is 7.89. The lowest BCUT2D eigenvalue weighted by atomic mass is 9.88. The van der Waals surface area contributed by atoms with E-state index in [0.717, 1.165) is 36.2 Å². The number of benzene rings is 2. The molecular formula is C17H20N2O3S. The Hall–Kier alpha value is -1.89. The lowest BCUT2D eigenvalue weighted by Crippen LogP contribution is -2.21. The van der Waals surface area contributed by atoms with Crippen molar-refractivity contribution < 1.29 is 13.5 Å². The van der Waals surface area contributed by atoms with Crippen LogP contribution in [0.15, 0.2) is 47.4 Å². The first-order valence-electron chi connectivity index (χ1n) is 7.58. The smallest absolute Gasteiger partial charge is 0.243 e. The van der Waals surface area contributed by atoms with Crippen molar-refractivity contribution in [2.75, 3.05) is 20.1 Å². The summed E-state index contributed by atoms with van der Waals surface area (Å²) in [6.45, 7) is 1.54. The molecule has 3 N–H and O–H groups in total. The van der Waals surface area contributed by atoms with Crippen LogP contribution in [0.25, 0.3) is 0 Å². The number of sulfonamides is 1. The van der Waals surface area contributed by atoms with Gasteiger partial charge < -0.3 is 10.4 Å². The Balaban J connectivity index is 2.14. The zero-order valence-electron chi connectivity index (χ0n) is 12.9. The Morgan fingerprint density at radius 3 is 2.65 bits per heavy atom. The van der Waals surface area contributed by atoms with Crippen LogP contribution >= 0.6 is 0 Å². The summed E-state index contributed by atoms with van der Waals surface area (Å²) < 4.78 is 26.4. The highest BCUT2D eigenvalue weighted by atomic mass is 32.2. The van der Waals surface area contributed by atoms with Crippen LogP contribution in [-0.4, -0.2) is 33.7 Å². The maximum atomic E-state index is 12.1. The van der Waals surface area contributed by atoms with Gasteiger partial charge in [-0.15, -0.1) is 0 Å². The molecule has 0 aromatic heterocycles. The van der Waals surface area contributed by atoms with E-state index in [1.54, 1.807) is 12.1 Å². The summed E-state index contributed by atoms with van der Waals surface area (Å²) >= 11 is 0. The summed E-state index contributed by atoms with van der Waals surface area (Å²) in [6.07, 6.45) is 0.727. The Morgan fingerprint density at radius 1 is 1.22 bits per heavy atom. The van der Waals surface area contributed by atoms with Crippen LogP contribution in [0.4, 0.5) is 0 Å². The van der Waals surface area contributed by atoms with Gasteiger partial charge in [0.05, 0.1) is 0 Å². The van der Waals surface area contributed by atoms with E-state index in [1.165, 1.54) is 7.05 Å². The third kappa shape index (κ3) is 3.10. The molecule has 0 saturated carbocycles. The summed E-state index contributed by atoms with van der Waals surface area (Å²) in [4.78, 5) is -0.0625. The molecule has 1 atom stereocenters. The zero-order valence-corrected chi connectivity index (χ0v) is 13.7. The quantitative estimate of drug-likeness (QED) is 0.797. The molecule has 5 nitrogen and oxygen atoms in total. The van der Waals surface area contributed by atoms with Crippen molar-refractivity contribution in [2.24, 2.45) is 0 Å². The summed E-state index contributed by atoms with van der Waals surface area (Å²) in [5.41, 5.74) is 3.08. The Bertz CT molecular complexity index is 804.